The minimum absolute atomic E-state index is 0.743. The SMILES string of the molecule is CC[C@@H]1C=CCC[C@H]1Br. The molecule has 1 aliphatic rings. The van der Waals surface area contributed by atoms with Crippen molar-refractivity contribution in [2.45, 2.75) is 31.0 Å². The molecule has 9 heavy (non-hydrogen) atoms. The van der Waals surface area contributed by atoms with Crippen molar-refractivity contribution in [3.05, 3.63) is 12.2 Å². The third kappa shape index (κ3) is 1.82. The lowest BCUT2D eigenvalue weighted by atomic mass is 9.94. The molecular weight excluding hydrogens is 176 g/mol. The van der Waals surface area contributed by atoms with Gasteiger partial charge in [0, 0.05) is 4.83 Å². The lowest BCUT2D eigenvalue weighted by Gasteiger charge is -2.20. The molecule has 0 radical (unpaired) electrons. The van der Waals surface area contributed by atoms with Gasteiger partial charge in [0.1, 0.15) is 0 Å². The first-order valence-electron chi connectivity index (χ1n) is 3.65. The second-order valence-electron chi connectivity index (χ2n) is 2.59. The van der Waals surface area contributed by atoms with Gasteiger partial charge >= 0.3 is 0 Å². The average molecular weight is 189 g/mol. The fraction of sp³-hybridized carbons (Fsp3) is 0.750. The number of allylic oxidation sites excluding steroid dienone is 2. The number of alkyl halides is 1. The quantitative estimate of drug-likeness (QED) is 0.439. The molecule has 1 aliphatic carbocycles. The molecule has 0 bridgehead atoms. The maximum absolute atomic E-state index is 3.66. The number of halogens is 1. The van der Waals surface area contributed by atoms with Gasteiger partial charge in [-0.05, 0) is 25.2 Å². The monoisotopic (exact) mass is 188 g/mol. The molecule has 0 nitrogen and oxygen atoms in total. The van der Waals surface area contributed by atoms with Crippen molar-refractivity contribution in [1.29, 1.82) is 0 Å². The van der Waals surface area contributed by atoms with Crippen LogP contribution >= 0.6 is 15.9 Å². The second kappa shape index (κ2) is 3.40. The van der Waals surface area contributed by atoms with Gasteiger partial charge in [0.25, 0.3) is 0 Å². The van der Waals surface area contributed by atoms with Crippen LogP contribution in [0.2, 0.25) is 0 Å². The minimum Gasteiger partial charge on any atom is -0.0884 e. The molecule has 0 aliphatic heterocycles. The Hall–Kier alpha value is 0.220. The Morgan fingerprint density at radius 1 is 1.67 bits per heavy atom. The number of rotatable bonds is 1. The summed E-state index contributed by atoms with van der Waals surface area (Å²) in [6, 6.07) is 0. The fourth-order valence-electron chi connectivity index (χ4n) is 1.25. The van der Waals surface area contributed by atoms with Crippen LogP contribution in [-0.4, -0.2) is 4.83 Å². The summed E-state index contributed by atoms with van der Waals surface area (Å²) in [4.78, 5) is 0.743. The van der Waals surface area contributed by atoms with Crippen molar-refractivity contribution in [1.82, 2.24) is 0 Å². The Bertz CT molecular complexity index is 107. The van der Waals surface area contributed by atoms with Gasteiger partial charge in [-0.2, -0.15) is 0 Å². The molecule has 0 saturated heterocycles. The van der Waals surface area contributed by atoms with Crippen LogP contribution in [0.15, 0.2) is 12.2 Å². The lowest BCUT2D eigenvalue weighted by molar-refractivity contribution is 0.550. The van der Waals surface area contributed by atoms with E-state index < -0.39 is 0 Å². The van der Waals surface area contributed by atoms with Gasteiger partial charge < -0.3 is 0 Å². The Balaban J connectivity index is 2.46. The fourth-order valence-corrected chi connectivity index (χ4v) is 2.07. The average Bonchev–Trinajstić information content (AvgIpc) is 1.89. The molecule has 0 N–H and O–H groups in total. The summed E-state index contributed by atoms with van der Waals surface area (Å²) in [5.74, 6) is 0.791. The van der Waals surface area contributed by atoms with Crippen LogP contribution < -0.4 is 0 Å². The molecule has 52 valence electrons. The molecule has 0 amide bonds. The number of hydrogen-bond donors (Lipinski definition) is 0. The van der Waals surface area contributed by atoms with Gasteiger partial charge in [-0.15, -0.1) is 0 Å². The summed E-state index contributed by atoms with van der Waals surface area (Å²) in [5.41, 5.74) is 0. The molecular formula is C8H13Br. The van der Waals surface area contributed by atoms with E-state index in [4.69, 9.17) is 0 Å². The van der Waals surface area contributed by atoms with Crippen molar-refractivity contribution < 1.29 is 0 Å². The highest BCUT2D eigenvalue weighted by atomic mass is 79.9. The predicted octanol–water partition coefficient (Wildman–Crippen LogP) is 3.13. The third-order valence-electron chi connectivity index (χ3n) is 1.93. The molecule has 0 spiro atoms. The normalized spacial score (nSPS) is 34.9. The second-order valence-corrected chi connectivity index (χ2v) is 3.77. The van der Waals surface area contributed by atoms with Crippen LogP contribution in [0, 0.1) is 5.92 Å². The largest absolute Gasteiger partial charge is 0.0884 e. The first-order valence-corrected chi connectivity index (χ1v) is 4.57. The Morgan fingerprint density at radius 2 is 2.44 bits per heavy atom. The van der Waals surface area contributed by atoms with E-state index >= 15 is 0 Å². The molecule has 0 saturated carbocycles. The molecule has 0 heterocycles. The summed E-state index contributed by atoms with van der Waals surface area (Å²) in [6.07, 6.45) is 8.47. The Kier molecular flexibility index (Phi) is 2.77. The van der Waals surface area contributed by atoms with Gasteiger partial charge in [0.15, 0.2) is 0 Å². The van der Waals surface area contributed by atoms with Crippen molar-refractivity contribution in [2.24, 2.45) is 5.92 Å². The van der Waals surface area contributed by atoms with E-state index in [0.29, 0.717) is 0 Å². The molecule has 0 fully saturated rings. The van der Waals surface area contributed by atoms with Crippen molar-refractivity contribution in [3.8, 4) is 0 Å². The molecule has 0 aromatic heterocycles. The summed E-state index contributed by atoms with van der Waals surface area (Å²) in [5, 5.41) is 0. The van der Waals surface area contributed by atoms with Crippen molar-refractivity contribution in [2.75, 3.05) is 0 Å². The zero-order chi connectivity index (χ0) is 6.69. The van der Waals surface area contributed by atoms with E-state index in [1.54, 1.807) is 0 Å². The van der Waals surface area contributed by atoms with Gasteiger partial charge in [0.2, 0.25) is 0 Å². The summed E-state index contributed by atoms with van der Waals surface area (Å²) in [6.45, 7) is 2.24. The minimum atomic E-state index is 0.743. The van der Waals surface area contributed by atoms with E-state index in [-0.39, 0.29) is 0 Å². The van der Waals surface area contributed by atoms with Crippen molar-refractivity contribution in [3.63, 3.8) is 0 Å². The number of hydrogen-bond acceptors (Lipinski definition) is 0. The first kappa shape index (κ1) is 7.33. The Labute approximate surface area is 65.5 Å². The smallest absolute Gasteiger partial charge is 0.0211 e. The van der Waals surface area contributed by atoms with Gasteiger partial charge in [-0.25, -0.2) is 0 Å². The van der Waals surface area contributed by atoms with Gasteiger partial charge in [-0.1, -0.05) is 35.0 Å². The molecule has 0 aromatic rings. The third-order valence-corrected chi connectivity index (χ3v) is 3.07. The van der Waals surface area contributed by atoms with E-state index in [1.165, 1.54) is 19.3 Å². The van der Waals surface area contributed by atoms with Crippen LogP contribution in [0.5, 0.6) is 0 Å². The topological polar surface area (TPSA) is 0 Å². The molecule has 2 atom stereocenters. The van der Waals surface area contributed by atoms with E-state index in [9.17, 15) is 0 Å². The molecule has 1 heteroatoms. The maximum Gasteiger partial charge on any atom is 0.0211 e. The van der Waals surface area contributed by atoms with E-state index in [2.05, 4.69) is 35.0 Å². The zero-order valence-corrected chi connectivity index (χ0v) is 7.39. The molecule has 1 rings (SSSR count). The highest BCUT2D eigenvalue weighted by Crippen LogP contribution is 2.26. The predicted molar refractivity (Wildman–Crippen MR) is 44.9 cm³/mol. The van der Waals surface area contributed by atoms with Crippen LogP contribution in [-0.2, 0) is 0 Å². The lowest BCUT2D eigenvalue weighted by Crippen LogP contribution is -2.13. The highest BCUT2D eigenvalue weighted by molar-refractivity contribution is 9.09. The summed E-state index contributed by atoms with van der Waals surface area (Å²) < 4.78 is 0. The Morgan fingerprint density at radius 3 is 2.89 bits per heavy atom. The van der Waals surface area contributed by atoms with E-state index in [0.717, 1.165) is 10.7 Å². The highest BCUT2D eigenvalue weighted by Gasteiger charge is 2.15. The standard InChI is InChI=1S/C8H13Br/c1-2-7-5-3-4-6-8(7)9/h3,5,7-8H,2,4,6H2,1H3/t7-,8-/m1/s1. The van der Waals surface area contributed by atoms with Crippen molar-refractivity contribution >= 4 is 15.9 Å². The first-order chi connectivity index (χ1) is 4.34. The maximum atomic E-state index is 3.66. The summed E-state index contributed by atoms with van der Waals surface area (Å²) in [7, 11) is 0. The van der Waals surface area contributed by atoms with Crippen LogP contribution in [0.1, 0.15) is 26.2 Å². The van der Waals surface area contributed by atoms with E-state index in [1.807, 2.05) is 0 Å². The van der Waals surface area contributed by atoms with Gasteiger partial charge in [0.05, 0.1) is 0 Å². The molecule has 0 unspecified atom stereocenters. The van der Waals surface area contributed by atoms with Crippen LogP contribution in [0.4, 0.5) is 0 Å². The van der Waals surface area contributed by atoms with Crippen LogP contribution in [0.25, 0.3) is 0 Å². The van der Waals surface area contributed by atoms with Gasteiger partial charge in [-0.3, -0.25) is 0 Å². The summed E-state index contributed by atoms with van der Waals surface area (Å²) >= 11 is 3.66. The van der Waals surface area contributed by atoms with Crippen LogP contribution in [0.3, 0.4) is 0 Å². The zero-order valence-electron chi connectivity index (χ0n) is 5.81. The molecule has 0 aromatic carbocycles.